The van der Waals surface area contributed by atoms with E-state index in [4.69, 9.17) is 14.2 Å². The molecule has 3 amide bonds. The number of carbonyl (C=O) groups excluding carboxylic acids is 4. The van der Waals surface area contributed by atoms with Crippen LogP contribution in [0.2, 0.25) is 0 Å². The van der Waals surface area contributed by atoms with Gasteiger partial charge < -0.3 is 34.4 Å². The summed E-state index contributed by atoms with van der Waals surface area (Å²) in [5.74, 6) is -3.65. The van der Waals surface area contributed by atoms with Gasteiger partial charge in [-0.15, -0.1) is 13.2 Å². The third-order valence-electron chi connectivity index (χ3n) is 9.33. The molecule has 1 unspecified atom stereocenters. The summed E-state index contributed by atoms with van der Waals surface area (Å²) in [4.78, 5) is 58.4. The standard InChI is InChI=1S/C35H48BrN3O8/c1-5-8-13-18-38(17-7-3)33(43)31-35-21-24(36)30(47-35)27(28(35)32(42)39(31)19-20-40)34(44)46-29(23-14-11-10-12-15-23)25(22-45-4)37-26(41)16-9-6-2/h6-7,10-12,14-15,24-25,27-31,40H,2-3,5,8-9,13,16-22H2,1,4H3,(H,37,41)/t24?,25-,27-,28+,29-,30-,31-,35+/m0/s1. The van der Waals surface area contributed by atoms with E-state index in [-0.39, 0.29) is 42.8 Å². The highest BCUT2D eigenvalue weighted by Gasteiger charge is 2.77. The number of alkyl halides is 1. The first kappa shape index (κ1) is 36.8. The van der Waals surface area contributed by atoms with Crippen molar-refractivity contribution in [3.63, 3.8) is 0 Å². The Morgan fingerprint density at radius 3 is 2.62 bits per heavy atom. The van der Waals surface area contributed by atoms with E-state index in [0.717, 1.165) is 19.3 Å². The maximum atomic E-state index is 14.3. The summed E-state index contributed by atoms with van der Waals surface area (Å²) in [5.41, 5.74) is -0.649. The van der Waals surface area contributed by atoms with Gasteiger partial charge in [0, 0.05) is 38.0 Å². The topological polar surface area (TPSA) is 135 Å². The number of amides is 3. The van der Waals surface area contributed by atoms with E-state index in [0.29, 0.717) is 31.5 Å². The number of likely N-dealkylation sites (tertiary alicyclic amines) is 1. The normalized spacial score (nSPS) is 27.2. The van der Waals surface area contributed by atoms with Crippen molar-refractivity contribution in [2.24, 2.45) is 11.8 Å². The van der Waals surface area contributed by atoms with E-state index in [1.807, 2.05) is 18.2 Å². The van der Waals surface area contributed by atoms with Crippen molar-refractivity contribution in [3.8, 4) is 0 Å². The fraction of sp³-hybridized carbons (Fsp3) is 0.600. The first-order chi connectivity index (χ1) is 22.7. The molecule has 1 aromatic carbocycles. The molecule has 3 saturated heterocycles. The number of aliphatic hydroxyl groups is 1. The molecule has 3 fully saturated rings. The Hall–Kier alpha value is -3.06. The zero-order chi connectivity index (χ0) is 34.1. The zero-order valence-corrected chi connectivity index (χ0v) is 28.9. The molecule has 2 bridgehead atoms. The highest BCUT2D eigenvalue weighted by molar-refractivity contribution is 9.09. The van der Waals surface area contributed by atoms with Crippen LogP contribution in [-0.2, 0) is 33.4 Å². The van der Waals surface area contributed by atoms with Crippen molar-refractivity contribution in [1.82, 2.24) is 15.1 Å². The Kier molecular flexibility index (Phi) is 13.2. The van der Waals surface area contributed by atoms with Crippen LogP contribution in [-0.4, -0.2) is 107 Å². The molecule has 11 nitrogen and oxygen atoms in total. The van der Waals surface area contributed by atoms with Gasteiger partial charge in [-0.3, -0.25) is 19.2 Å². The summed E-state index contributed by atoms with van der Waals surface area (Å²) in [5, 5.41) is 12.9. The molecular formula is C35H48BrN3O8. The quantitative estimate of drug-likeness (QED) is 0.0964. The maximum absolute atomic E-state index is 14.3. The summed E-state index contributed by atoms with van der Waals surface area (Å²) < 4.78 is 18.3. The van der Waals surface area contributed by atoms with Gasteiger partial charge in [0.05, 0.1) is 37.2 Å². The third kappa shape index (κ3) is 7.66. The maximum Gasteiger partial charge on any atom is 0.313 e. The van der Waals surface area contributed by atoms with Gasteiger partial charge in [-0.2, -0.15) is 0 Å². The summed E-state index contributed by atoms with van der Waals surface area (Å²) in [6.07, 6.45) is 5.38. The second kappa shape index (κ2) is 16.9. The van der Waals surface area contributed by atoms with Gasteiger partial charge in [-0.05, 0) is 24.8 Å². The van der Waals surface area contributed by atoms with Gasteiger partial charge in [-0.1, -0.05) is 78.2 Å². The van der Waals surface area contributed by atoms with Crippen molar-refractivity contribution >= 4 is 39.6 Å². The molecule has 0 saturated carbocycles. The predicted octanol–water partition coefficient (Wildman–Crippen LogP) is 3.31. The number of esters is 1. The Balaban J connectivity index is 1.68. The Bertz CT molecular complexity index is 1280. The molecule has 12 heteroatoms. The molecule has 3 heterocycles. The van der Waals surface area contributed by atoms with Crippen LogP contribution in [0.15, 0.2) is 55.6 Å². The van der Waals surface area contributed by atoms with Crippen LogP contribution in [0.3, 0.4) is 0 Å². The molecule has 0 radical (unpaired) electrons. The number of ether oxygens (including phenoxy) is 3. The lowest BCUT2D eigenvalue weighted by molar-refractivity contribution is -0.163. The van der Waals surface area contributed by atoms with Gasteiger partial charge in [0.1, 0.15) is 17.7 Å². The molecule has 3 aliphatic heterocycles. The molecular weight excluding hydrogens is 670 g/mol. The lowest BCUT2D eigenvalue weighted by atomic mass is 9.70. The molecule has 1 aromatic rings. The fourth-order valence-electron chi connectivity index (χ4n) is 7.32. The highest BCUT2D eigenvalue weighted by atomic mass is 79.9. The average Bonchev–Trinajstić information content (AvgIpc) is 3.65. The summed E-state index contributed by atoms with van der Waals surface area (Å²) >= 11 is 3.69. The number of rotatable bonds is 19. The number of allylic oxidation sites excluding steroid dienone is 1. The molecule has 0 aliphatic carbocycles. The van der Waals surface area contributed by atoms with Gasteiger partial charge >= 0.3 is 5.97 Å². The van der Waals surface area contributed by atoms with Gasteiger partial charge in [-0.25, -0.2) is 0 Å². The number of methoxy groups -OCH3 is 1. The van der Waals surface area contributed by atoms with Crippen LogP contribution < -0.4 is 5.32 Å². The largest absolute Gasteiger partial charge is 0.455 e. The van der Waals surface area contributed by atoms with Gasteiger partial charge in [0.2, 0.25) is 17.7 Å². The summed E-state index contributed by atoms with van der Waals surface area (Å²) in [6, 6.07) is 7.30. The van der Waals surface area contributed by atoms with E-state index < -0.39 is 53.6 Å². The number of nitrogens with zero attached hydrogens (tertiary/aromatic N) is 2. The van der Waals surface area contributed by atoms with E-state index in [1.165, 1.54) is 12.0 Å². The first-order valence-electron chi connectivity index (χ1n) is 16.5. The van der Waals surface area contributed by atoms with E-state index in [9.17, 15) is 24.3 Å². The molecule has 258 valence electrons. The summed E-state index contributed by atoms with van der Waals surface area (Å²) in [6.45, 7) is 10.00. The fourth-order valence-corrected chi connectivity index (χ4v) is 8.27. The number of halogens is 1. The molecule has 2 N–H and O–H groups in total. The Morgan fingerprint density at radius 1 is 1.23 bits per heavy atom. The SMILES string of the molecule is C=CCCC(=O)N[C@@H](COC)[C@@H](OC(=O)[C@@H]1[C@H]2O[C@@]3(CC2Br)[C@H](C(=O)N(CC=C)CCCCC)N(CCO)C(=O)[C@@H]13)c1ccccc1. The van der Waals surface area contributed by atoms with Crippen LogP contribution in [0.1, 0.15) is 57.1 Å². The average molecular weight is 719 g/mol. The van der Waals surface area contributed by atoms with E-state index in [2.05, 4.69) is 41.3 Å². The number of unbranched alkanes of at least 4 members (excludes halogenated alkanes) is 2. The molecule has 47 heavy (non-hydrogen) atoms. The number of benzene rings is 1. The molecule has 3 aliphatic rings. The third-order valence-corrected chi connectivity index (χ3v) is 10.2. The number of aliphatic hydroxyl groups excluding tert-OH is 1. The lowest BCUT2D eigenvalue weighted by Crippen LogP contribution is -2.57. The molecule has 1 spiro atoms. The van der Waals surface area contributed by atoms with Crippen LogP contribution in [0.4, 0.5) is 0 Å². The molecule has 0 aromatic heterocycles. The van der Waals surface area contributed by atoms with Gasteiger partial charge in [0.25, 0.3) is 0 Å². The monoisotopic (exact) mass is 717 g/mol. The van der Waals surface area contributed by atoms with Gasteiger partial charge in [0.15, 0.2) is 0 Å². The predicted molar refractivity (Wildman–Crippen MR) is 179 cm³/mol. The number of nitrogens with one attached hydrogen (secondary N) is 1. The minimum absolute atomic E-state index is 0.0582. The van der Waals surface area contributed by atoms with E-state index in [1.54, 1.807) is 29.2 Å². The van der Waals surface area contributed by atoms with Crippen LogP contribution in [0.25, 0.3) is 0 Å². The number of hydrogen-bond acceptors (Lipinski definition) is 8. The lowest BCUT2D eigenvalue weighted by Gasteiger charge is -2.37. The van der Waals surface area contributed by atoms with Crippen LogP contribution >= 0.6 is 15.9 Å². The Labute approximate surface area is 285 Å². The molecule has 4 rings (SSSR count). The Morgan fingerprint density at radius 2 is 1.98 bits per heavy atom. The number of fused-ring (bicyclic) bond motifs is 1. The first-order valence-corrected chi connectivity index (χ1v) is 17.4. The van der Waals surface area contributed by atoms with Crippen molar-refractivity contribution < 1.29 is 38.5 Å². The van der Waals surface area contributed by atoms with Crippen molar-refractivity contribution in [2.75, 3.05) is 40.0 Å². The minimum Gasteiger partial charge on any atom is -0.455 e. The number of carbonyl (C=O) groups is 4. The minimum atomic E-state index is -1.29. The van der Waals surface area contributed by atoms with E-state index >= 15 is 0 Å². The van der Waals surface area contributed by atoms with Crippen molar-refractivity contribution in [3.05, 3.63) is 61.2 Å². The zero-order valence-electron chi connectivity index (χ0n) is 27.4. The summed E-state index contributed by atoms with van der Waals surface area (Å²) in [7, 11) is 1.50. The molecule has 8 atom stereocenters. The van der Waals surface area contributed by atoms with Crippen molar-refractivity contribution in [2.45, 2.75) is 80.2 Å². The number of β-amino-alcohol motifs (C(OH)–C–C–N with tert-alkyl or cyclic N) is 1. The second-order valence-corrected chi connectivity index (χ2v) is 13.6. The smallest absolute Gasteiger partial charge is 0.313 e. The number of hydrogen-bond donors (Lipinski definition) is 2. The van der Waals surface area contributed by atoms with Crippen LogP contribution in [0.5, 0.6) is 0 Å². The highest BCUT2D eigenvalue weighted by Crippen LogP contribution is 2.60. The van der Waals surface area contributed by atoms with Crippen LogP contribution in [0, 0.1) is 11.8 Å². The second-order valence-electron chi connectivity index (χ2n) is 12.4. The van der Waals surface area contributed by atoms with Crippen molar-refractivity contribution in [1.29, 1.82) is 0 Å².